The third kappa shape index (κ3) is 2.28. The van der Waals surface area contributed by atoms with Gasteiger partial charge in [-0.1, -0.05) is 18.2 Å². The number of hydrogen-bond donors (Lipinski definition) is 2. The minimum absolute atomic E-state index is 0.104. The van der Waals surface area contributed by atoms with E-state index < -0.39 is 11.9 Å². The van der Waals surface area contributed by atoms with Crippen LogP contribution in [0.3, 0.4) is 0 Å². The topological polar surface area (TPSA) is 79.5 Å². The lowest BCUT2D eigenvalue weighted by molar-refractivity contribution is -0.138. The van der Waals surface area contributed by atoms with Crippen LogP contribution in [0.1, 0.15) is 5.56 Å². The summed E-state index contributed by atoms with van der Waals surface area (Å²) in [5.74, 6) is -1.88. The zero-order valence-electron chi connectivity index (χ0n) is 8.96. The van der Waals surface area contributed by atoms with Crippen molar-refractivity contribution in [1.82, 2.24) is 4.57 Å². The number of hydrogen-bond acceptors (Lipinski definition) is 2. The summed E-state index contributed by atoms with van der Waals surface area (Å²) in [6.07, 6.45) is 1.49. The number of carboxylic acids is 2. The summed E-state index contributed by atoms with van der Waals surface area (Å²) in [7, 11) is 0. The van der Waals surface area contributed by atoms with E-state index >= 15 is 0 Å². The van der Waals surface area contributed by atoms with Crippen LogP contribution in [-0.4, -0.2) is 26.7 Å². The van der Waals surface area contributed by atoms with Crippen molar-refractivity contribution in [2.75, 3.05) is 0 Å². The van der Waals surface area contributed by atoms with E-state index in [2.05, 4.69) is 0 Å². The highest BCUT2D eigenvalue weighted by atomic mass is 16.4. The van der Waals surface area contributed by atoms with Crippen LogP contribution in [0, 0.1) is 0 Å². The summed E-state index contributed by atoms with van der Waals surface area (Å²) in [6, 6.07) is 7.18. The molecule has 0 aliphatic carbocycles. The van der Waals surface area contributed by atoms with E-state index in [1.165, 1.54) is 0 Å². The quantitative estimate of drug-likeness (QED) is 0.835. The summed E-state index contributed by atoms with van der Waals surface area (Å²) in [5, 5.41) is 18.4. The second-order valence-corrected chi connectivity index (χ2v) is 3.76. The standard InChI is InChI=1S/C12H11NO4/c14-11(15)5-8-6-13(7-12(16)17)10-4-2-1-3-9(8)10/h1-4,6H,5,7H2,(H,14,15)(H,16,17). The number of carboxylic acid groups (broad SMARTS) is 2. The molecular weight excluding hydrogens is 222 g/mol. The first-order chi connectivity index (χ1) is 8.08. The van der Waals surface area contributed by atoms with Crippen LogP contribution in [0.2, 0.25) is 0 Å². The molecule has 0 amide bonds. The van der Waals surface area contributed by atoms with E-state index in [1.54, 1.807) is 35.0 Å². The Kier molecular flexibility index (Phi) is 2.82. The van der Waals surface area contributed by atoms with Gasteiger partial charge in [0.2, 0.25) is 0 Å². The van der Waals surface area contributed by atoms with Crippen molar-refractivity contribution in [2.45, 2.75) is 13.0 Å². The zero-order chi connectivity index (χ0) is 12.4. The molecule has 0 aliphatic rings. The Morgan fingerprint density at radius 1 is 1.12 bits per heavy atom. The normalized spacial score (nSPS) is 10.6. The Hall–Kier alpha value is -2.30. The smallest absolute Gasteiger partial charge is 0.323 e. The Labute approximate surface area is 96.9 Å². The molecule has 0 spiro atoms. The van der Waals surface area contributed by atoms with Gasteiger partial charge < -0.3 is 14.8 Å². The monoisotopic (exact) mass is 233 g/mol. The highest BCUT2D eigenvalue weighted by Crippen LogP contribution is 2.21. The van der Waals surface area contributed by atoms with Gasteiger partial charge >= 0.3 is 11.9 Å². The first-order valence-corrected chi connectivity index (χ1v) is 5.08. The van der Waals surface area contributed by atoms with Crippen LogP contribution in [0.25, 0.3) is 10.9 Å². The number of para-hydroxylation sites is 1. The summed E-state index contributed by atoms with van der Waals surface area (Å²) in [6.45, 7) is -0.167. The first kappa shape index (κ1) is 11.2. The second-order valence-electron chi connectivity index (χ2n) is 3.76. The van der Waals surface area contributed by atoms with Gasteiger partial charge in [-0.05, 0) is 11.6 Å². The van der Waals surface area contributed by atoms with Crippen molar-refractivity contribution in [2.24, 2.45) is 0 Å². The molecule has 1 aromatic heterocycles. The molecule has 0 fully saturated rings. The van der Waals surface area contributed by atoms with Gasteiger partial charge in [0.15, 0.2) is 0 Å². The molecule has 0 saturated carbocycles. The van der Waals surface area contributed by atoms with Crippen LogP contribution < -0.4 is 0 Å². The van der Waals surface area contributed by atoms with Crippen molar-refractivity contribution in [1.29, 1.82) is 0 Å². The van der Waals surface area contributed by atoms with Crippen molar-refractivity contribution in [3.63, 3.8) is 0 Å². The average molecular weight is 233 g/mol. The Bertz CT molecular complexity index is 535. The maximum atomic E-state index is 10.7. The molecule has 0 bridgehead atoms. The zero-order valence-corrected chi connectivity index (χ0v) is 8.96. The number of carbonyl (C=O) groups is 2. The second kappa shape index (κ2) is 4.29. The molecule has 0 saturated heterocycles. The van der Waals surface area contributed by atoms with Gasteiger partial charge in [0.1, 0.15) is 6.54 Å². The lowest BCUT2D eigenvalue weighted by atomic mass is 10.1. The van der Waals surface area contributed by atoms with E-state index in [-0.39, 0.29) is 13.0 Å². The molecule has 2 rings (SSSR count). The molecule has 5 nitrogen and oxygen atoms in total. The summed E-state index contributed by atoms with van der Waals surface area (Å²) in [5.41, 5.74) is 1.38. The average Bonchev–Trinajstić information content (AvgIpc) is 2.56. The summed E-state index contributed by atoms with van der Waals surface area (Å²) < 4.78 is 1.55. The molecule has 5 heteroatoms. The molecule has 0 aliphatic heterocycles. The number of nitrogens with zero attached hydrogens (tertiary/aromatic N) is 1. The van der Waals surface area contributed by atoms with Gasteiger partial charge in [-0.3, -0.25) is 9.59 Å². The lowest BCUT2D eigenvalue weighted by Crippen LogP contribution is -2.07. The largest absolute Gasteiger partial charge is 0.481 e. The van der Waals surface area contributed by atoms with Gasteiger partial charge in [0.05, 0.1) is 6.42 Å². The molecule has 2 N–H and O–H groups in total. The number of fused-ring (bicyclic) bond motifs is 1. The molecule has 88 valence electrons. The lowest BCUT2D eigenvalue weighted by Gasteiger charge is -1.99. The molecule has 1 heterocycles. The fourth-order valence-corrected chi connectivity index (χ4v) is 1.90. The minimum Gasteiger partial charge on any atom is -0.481 e. The number of benzene rings is 1. The third-order valence-corrected chi connectivity index (χ3v) is 2.52. The molecule has 0 atom stereocenters. The molecular formula is C12H11NO4. The fraction of sp³-hybridized carbons (Fsp3) is 0.167. The molecule has 0 unspecified atom stereocenters. The summed E-state index contributed by atoms with van der Waals surface area (Å²) >= 11 is 0. The van der Waals surface area contributed by atoms with Gasteiger partial charge in [-0.2, -0.15) is 0 Å². The molecule has 0 radical (unpaired) electrons. The fourth-order valence-electron chi connectivity index (χ4n) is 1.90. The minimum atomic E-state index is -0.951. The Morgan fingerprint density at radius 2 is 1.82 bits per heavy atom. The van der Waals surface area contributed by atoms with Crippen LogP contribution in [0.4, 0.5) is 0 Å². The van der Waals surface area contributed by atoms with Crippen LogP contribution in [0.15, 0.2) is 30.5 Å². The Morgan fingerprint density at radius 3 is 2.47 bits per heavy atom. The highest BCUT2D eigenvalue weighted by Gasteiger charge is 2.12. The van der Waals surface area contributed by atoms with Crippen LogP contribution >= 0.6 is 0 Å². The maximum absolute atomic E-state index is 10.7. The maximum Gasteiger partial charge on any atom is 0.323 e. The summed E-state index contributed by atoms with van der Waals surface area (Å²) in [4.78, 5) is 21.4. The van der Waals surface area contributed by atoms with Gasteiger partial charge in [0.25, 0.3) is 0 Å². The predicted octanol–water partition coefficient (Wildman–Crippen LogP) is 1.35. The van der Waals surface area contributed by atoms with Crippen LogP contribution in [-0.2, 0) is 22.6 Å². The highest BCUT2D eigenvalue weighted by molar-refractivity contribution is 5.88. The molecule has 17 heavy (non-hydrogen) atoms. The van der Waals surface area contributed by atoms with Gasteiger partial charge in [-0.25, -0.2) is 0 Å². The third-order valence-electron chi connectivity index (χ3n) is 2.52. The van der Waals surface area contributed by atoms with Crippen molar-refractivity contribution < 1.29 is 19.8 Å². The van der Waals surface area contributed by atoms with Crippen molar-refractivity contribution >= 4 is 22.8 Å². The van der Waals surface area contributed by atoms with E-state index in [0.29, 0.717) is 5.56 Å². The van der Waals surface area contributed by atoms with Gasteiger partial charge in [0, 0.05) is 17.1 Å². The first-order valence-electron chi connectivity index (χ1n) is 5.08. The van der Waals surface area contributed by atoms with Crippen molar-refractivity contribution in [3.8, 4) is 0 Å². The van der Waals surface area contributed by atoms with E-state index in [9.17, 15) is 9.59 Å². The Balaban J connectivity index is 2.53. The number of aliphatic carboxylic acids is 2. The number of aromatic nitrogens is 1. The number of rotatable bonds is 4. The van der Waals surface area contributed by atoms with Crippen LogP contribution in [0.5, 0.6) is 0 Å². The van der Waals surface area contributed by atoms with E-state index in [1.807, 2.05) is 0 Å². The molecule has 2 aromatic rings. The molecule has 1 aromatic carbocycles. The van der Waals surface area contributed by atoms with E-state index in [4.69, 9.17) is 10.2 Å². The SMILES string of the molecule is O=C(O)Cc1cn(CC(=O)O)c2ccccc12. The predicted molar refractivity (Wildman–Crippen MR) is 60.9 cm³/mol. The van der Waals surface area contributed by atoms with Crippen molar-refractivity contribution in [3.05, 3.63) is 36.0 Å². The van der Waals surface area contributed by atoms with E-state index in [0.717, 1.165) is 10.9 Å². The van der Waals surface area contributed by atoms with Gasteiger partial charge in [-0.15, -0.1) is 0 Å².